The number of nitrogens with zero attached hydrogens (tertiary/aromatic N) is 1. The summed E-state index contributed by atoms with van der Waals surface area (Å²) in [4.78, 5) is 28.5. The standard InChI is InChI=1S/C31H34BrN3O5S/c32-26-12-15-28(16-13-26)41(38,39)22-17-27(14-11-24-7-3-1-4-8-24)33-30(36)29(23-25-9-5-2-6-10-25)34-31(37)35-18-20-40-21-19-35/h1-10,12-13,15-17,22,27,29H,11,14,18-21,23H2,(H,33,36)(H,34,37)/t27?,29-/m0/s1. The largest absolute Gasteiger partial charge is 0.378 e. The molecule has 2 N–H and O–H groups in total. The second-order valence-electron chi connectivity index (χ2n) is 9.76. The maximum absolute atomic E-state index is 13.7. The topological polar surface area (TPSA) is 105 Å². The highest BCUT2D eigenvalue weighted by atomic mass is 79.9. The van der Waals surface area contributed by atoms with E-state index >= 15 is 0 Å². The third-order valence-electron chi connectivity index (χ3n) is 6.74. The summed E-state index contributed by atoms with van der Waals surface area (Å²) in [5.74, 6) is -0.390. The van der Waals surface area contributed by atoms with Gasteiger partial charge in [0.1, 0.15) is 6.04 Å². The zero-order chi connectivity index (χ0) is 29.1. The highest BCUT2D eigenvalue weighted by Gasteiger charge is 2.26. The Hall–Kier alpha value is -3.47. The summed E-state index contributed by atoms with van der Waals surface area (Å²) >= 11 is 3.32. The van der Waals surface area contributed by atoms with Gasteiger partial charge in [0, 0.05) is 35.4 Å². The Balaban J connectivity index is 1.53. The molecule has 1 unspecified atom stereocenters. The molecule has 8 nitrogen and oxygen atoms in total. The molecule has 0 radical (unpaired) electrons. The molecular formula is C31H34BrN3O5S. The van der Waals surface area contributed by atoms with Crippen molar-refractivity contribution in [2.24, 2.45) is 0 Å². The average molecular weight is 641 g/mol. The van der Waals surface area contributed by atoms with Crippen LogP contribution in [0.25, 0.3) is 0 Å². The molecule has 0 aromatic heterocycles. The van der Waals surface area contributed by atoms with Gasteiger partial charge in [-0.15, -0.1) is 0 Å². The second-order valence-corrected chi connectivity index (χ2v) is 12.5. The minimum Gasteiger partial charge on any atom is -0.378 e. The van der Waals surface area contributed by atoms with Gasteiger partial charge < -0.3 is 20.3 Å². The summed E-state index contributed by atoms with van der Waals surface area (Å²) in [6, 6.07) is 23.8. The van der Waals surface area contributed by atoms with E-state index in [1.165, 1.54) is 18.2 Å². The number of ether oxygens (including phenoxy) is 1. The highest BCUT2D eigenvalue weighted by Crippen LogP contribution is 2.17. The van der Waals surface area contributed by atoms with Crippen molar-refractivity contribution in [3.05, 3.63) is 112 Å². The number of amides is 3. The minimum absolute atomic E-state index is 0.157. The quantitative estimate of drug-likeness (QED) is 0.321. The number of carbonyl (C=O) groups is 2. The van der Waals surface area contributed by atoms with Crippen molar-refractivity contribution in [2.75, 3.05) is 26.3 Å². The summed E-state index contributed by atoms with van der Waals surface area (Å²) in [5.41, 5.74) is 1.96. The predicted octanol–water partition coefficient (Wildman–Crippen LogP) is 4.51. The summed E-state index contributed by atoms with van der Waals surface area (Å²) in [6.07, 6.45) is 2.90. The Kier molecular flexibility index (Phi) is 11.1. The number of urea groups is 1. The van der Waals surface area contributed by atoms with Crippen LogP contribution in [0.3, 0.4) is 0 Å². The molecular weight excluding hydrogens is 606 g/mol. The van der Waals surface area contributed by atoms with Crippen LogP contribution in [0.2, 0.25) is 0 Å². The Bertz CT molecular complexity index is 1410. The number of hydrogen-bond acceptors (Lipinski definition) is 5. The summed E-state index contributed by atoms with van der Waals surface area (Å²) in [5, 5.41) is 7.03. The molecule has 10 heteroatoms. The third-order valence-corrected chi connectivity index (χ3v) is 8.72. The molecule has 0 saturated carbocycles. The zero-order valence-electron chi connectivity index (χ0n) is 22.6. The second kappa shape index (κ2) is 15.0. The fraction of sp³-hybridized carbons (Fsp3) is 0.290. The van der Waals surface area contributed by atoms with E-state index in [9.17, 15) is 18.0 Å². The molecule has 216 valence electrons. The average Bonchev–Trinajstić information content (AvgIpc) is 3.00. The number of sulfone groups is 1. The first-order valence-corrected chi connectivity index (χ1v) is 15.8. The van der Waals surface area contributed by atoms with E-state index in [0.29, 0.717) is 39.1 Å². The Morgan fingerprint density at radius 3 is 2.12 bits per heavy atom. The lowest BCUT2D eigenvalue weighted by molar-refractivity contribution is -0.123. The summed E-state index contributed by atoms with van der Waals surface area (Å²) in [6.45, 7) is 1.79. The van der Waals surface area contributed by atoms with E-state index in [1.54, 1.807) is 17.0 Å². The SMILES string of the molecule is O=C(NC(C=CS(=O)(=O)c1ccc(Br)cc1)CCc1ccccc1)[C@H](Cc1ccccc1)NC(=O)N1CCOCC1. The number of benzene rings is 3. The lowest BCUT2D eigenvalue weighted by Gasteiger charge is -2.29. The molecule has 0 aliphatic carbocycles. The Labute approximate surface area is 249 Å². The van der Waals surface area contributed by atoms with Gasteiger partial charge in [0.05, 0.1) is 18.1 Å². The number of nitrogens with one attached hydrogen (secondary N) is 2. The molecule has 1 aliphatic heterocycles. The molecule has 3 amide bonds. The van der Waals surface area contributed by atoms with Crippen molar-refractivity contribution in [2.45, 2.75) is 36.2 Å². The molecule has 1 aliphatic rings. The van der Waals surface area contributed by atoms with Crippen LogP contribution in [-0.4, -0.2) is 63.6 Å². The van der Waals surface area contributed by atoms with Crippen LogP contribution in [0.5, 0.6) is 0 Å². The number of hydrogen-bond donors (Lipinski definition) is 2. The number of halogens is 1. The number of rotatable bonds is 11. The van der Waals surface area contributed by atoms with E-state index in [-0.39, 0.29) is 23.3 Å². The Morgan fingerprint density at radius 2 is 1.49 bits per heavy atom. The number of carbonyl (C=O) groups excluding carboxylic acids is 2. The zero-order valence-corrected chi connectivity index (χ0v) is 25.0. The van der Waals surface area contributed by atoms with Crippen molar-refractivity contribution in [1.29, 1.82) is 0 Å². The van der Waals surface area contributed by atoms with Crippen molar-refractivity contribution < 1.29 is 22.7 Å². The van der Waals surface area contributed by atoms with Crippen LogP contribution in [0.15, 0.2) is 106 Å². The van der Waals surface area contributed by atoms with Crippen LogP contribution in [0, 0.1) is 0 Å². The highest BCUT2D eigenvalue weighted by molar-refractivity contribution is 9.10. The molecule has 4 rings (SSSR count). The van der Waals surface area contributed by atoms with Gasteiger partial charge in [-0.1, -0.05) is 82.7 Å². The van der Waals surface area contributed by atoms with E-state index in [0.717, 1.165) is 21.0 Å². The van der Waals surface area contributed by atoms with Gasteiger partial charge in [0.15, 0.2) is 9.84 Å². The number of morpholine rings is 1. The minimum atomic E-state index is -3.73. The van der Waals surface area contributed by atoms with Crippen LogP contribution in [-0.2, 0) is 32.2 Å². The first-order valence-electron chi connectivity index (χ1n) is 13.5. The maximum atomic E-state index is 13.7. The van der Waals surface area contributed by atoms with E-state index in [2.05, 4.69) is 26.6 Å². The van der Waals surface area contributed by atoms with Gasteiger partial charge in [-0.25, -0.2) is 13.2 Å². The Morgan fingerprint density at radius 1 is 0.878 bits per heavy atom. The first-order chi connectivity index (χ1) is 19.8. The van der Waals surface area contributed by atoms with Crippen LogP contribution in [0.1, 0.15) is 17.5 Å². The molecule has 1 fully saturated rings. The first kappa shape index (κ1) is 30.5. The molecule has 2 atom stereocenters. The van der Waals surface area contributed by atoms with E-state index in [1.807, 2.05) is 60.7 Å². The van der Waals surface area contributed by atoms with Crippen molar-refractivity contribution in [3.63, 3.8) is 0 Å². The van der Waals surface area contributed by atoms with Crippen LogP contribution >= 0.6 is 15.9 Å². The van der Waals surface area contributed by atoms with E-state index < -0.39 is 21.9 Å². The van der Waals surface area contributed by atoms with E-state index in [4.69, 9.17) is 4.74 Å². The van der Waals surface area contributed by atoms with Gasteiger partial charge in [-0.05, 0) is 48.2 Å². The molecule has 1 heterocycles. The molecule has 0 bridgehead atoms. The monoisotopic (exact) mass is 639 g/mol. The van der Waals surface area contributed by atoms with Gasteiger partial charge in [-0.2, -0.15) is 0 Å². The fourth-order valence-corrected chi connectivity index (χ4v) is 5.77. The third kappa shape index (κ3) is 9.55. The molecule has 0 spiro atoms. The van der Waals surface area contributed by atoms with Gasteiger partial charge in [0.25, 0.3) is 0 Å². The van der Waals surface area contributed by atoms with Gasteiger partial charge >= 0.3 is 6.03 Å². The smallest absolute Gasteiger partial charge is 0.318 e. The normalized spacial score (nSPS) is 15.3. The fourth-order valence-electron chi connectivity index (χ4n) is 4.43. The molecule has 3 aromatic carbocycles. The van der Waals surface area contributed by atoms with Crippen LogP contribution < -0.4 is 10.6 Å². The van der Waals surface area contributed by atoms with Crippen LogP contribution in [0.4, 0.5) is 4.79 Å². The van der Waals surface area contributed by atoms with Gasteiger partial charge in [-0.3, -0.25) is 4.79 Å². The lowest BCUT2D eigenvalue weighted by Crippen LogP contribution is -2.55. The summed E-state index contributed by atoms with van der Waals surface area (Å²) in [7, 11) is -3.73. The lowest BCUT2D eigenvalue weighted by atomic mass is 10.0. The molecule has 1 saturated heterocycles. The maximum Gasteiger partial charge on any atom is 0.318 e. The molecule has 3 aromatic rings. The summed E-state index contributed by atoms with van der Waals surface area (Å²) < 4.78 is 32.2. The van der Waals surface area contributed by atoms with Gasteiger partial charge in [0.2, 0.25) is 5.91 Å². The van der Waals surface area contributed by atoms with Crippen molar-refractivity contribution in [1.82, 2.24) is 15.5 Å². The van der Waals surface area contributed by atoms with Crippen molar-refractivity contribution in [3.8, 4) is 0 Å². The van der Waals surface area contributed by atoms with Crippen molar-refractivity contribution >= 4 is 37.7 Å². The molecule has 41 heavy (non-hydrogen) atoms. The predicted molar refractivity (Wildman–Crippen MR) is 162 cm³/mol. The number of aryl methyl sites for hydroxylation is 1.